The molecule has 28 heavy (non-hydrogen) atoms. The maximum absolute atomic E-state index is 13.0. The topological polar surface area (TPSA) is 105 Å². The largest absolute Gasteiger partial charge is 0.496 e. The second-order valence-electron chi connectivity index (χ2n) is 6.61. The first-order valence-corrected chi connectivity index (χ1v) is 10.2. The third-order valence-electron chi connectivity index (χ3n) is 4.55. The van der Waals surface area contributed by atoms with Crippen molar-refractivity contribution in [3.8, 4) is 5.75 Å². The Morgan fingerprint density at radius 1 is 1.18 bits per heavy atom. The molecule has 1 aliphatic carbocycles. The van der Waals surface area contributed by atoms with E-state index in [2.05, 4.69) is 10.0 Å². The summed E-state index contributed by atoms with van der Waals surface area (Å²) in [4.78, 5) is 12.5. The highest BCUT2D eigenvalue weighted by molar-refractivity contribution is 7.89. The van der Waals surface area contributed by atoms with E-state index >= 15 is 0 Å². The van der Waals surface area contributed by atoms with Crippen molar-refractivity contribution < 1.29 is 27.4 Å². The van der Waals surface area contributed by atoms with Gasteiger partial charge in [-0.2, -0.15) is 0 Å². The number of aliphatic hydroxyl groups is 1. The van der Waals surface area contributed by atoms with Crippen molar-refractivity contribution in [2.45, 2.75) is 36.3 Å². The van der Waals surface area contributed by atoms with Crippen molar-refractivity contribution in [1.82, 2.24) is 4.72 Å². The summed E-state index contributed by atoms with van der Waals surface area (Å²) in [7, 11) is -2.50. The molecule has 2 unspecified atom stereocenters. The smallest absolute Gasteiger partial charge is 0.259 e. The van der Waals surface area contributed by atoms with Gasteiger partial charge in [-0.15, -0.1) is 0 Å². The number of halogens is 1. The van der Waals surface area contributed by atoms with E-state index in [-0.39, 0.29) is 22.3 Å². The quantitative estimate of drug-likeness (QED) is 0.680. The van der Waals surface area contributed by atoms with E-state index in [1.54, 1.807) is 0 Å². The van der Waals surface area contributed by atoms with Crippen LogP contribution < -0.4 is 14.8 Å². The van der Waals surface area contributed by atoms with Gasteiger partial charge in [0.1, 0.15) is 11.6 Å². The average molecular weight is 408 g/mol. The Balaban J connectivity index is 1.84. The van der Waals surface area contributed by atoms with Crippen molar-refractivity contribution in [3.63, 3.8) is 0 Å². The summed E-state index contributed by atoms with van der Waals surface area (Å²) in [6, 6.07) is 8.82. The molecular weight excluding hydrogens is 387 g/mol. The Hall–Kier alpha value is -2.49. The van der Waals surface area contributed by atoms with E-state index in [4.69, 9.17) is 4.74 Å². The molecule has 9 heteroatoms. The number of ether oxygens (including phenoxy) is 1. The van der Waals surface area contributed by atoms with Crippen LogP contribution in [0.1, 0.15) is 29.6 Å². The fraction of sp³-hybridized carbons (Fsp3) is 0.316. The molecule has 2 aromatic carbocycles. The summed E-state index contributed by atoms with van der Waals surface area (Å²) in [6.45, 7) is 0. The lowest BCUT2D eigenvalue weighted by Gasteiger charge is -2.15. The number of methoxy groups -OCH3 is 1. The van der Waals surface area contributed by atoms with Gasteiger partial charge in [0.2, 0.25) is 10.0 Å². The number of hydrogen-bond acceptors (Lipinski definition) is 5. The van der Waals surface area contributed by atoms with Gasteiger partial charge < -0.3 is 15.2 Å². The standard InChI is InChI=1S/C19H21FN2O5S/c1-27-18-9-8-16(28(25,26)22-14-6-7-15(23)10-14)11-17(18)19(24)21-13-4-2-12(20)3-5-13/h2-5,8-9,11,14-15,22-23H,6-7,10H2,1H3,(H,21,24). The lowest BCUT2D eigenvalue weighted by Crippen LogP contribution is -2.33. The van der Waals surface area contributed by atoms with Gasteiger partial charge in [0.15, 0.2) is 0 Å². The fourth-order valence-electron chi connectivity index (χ4n) is 3.12. The maximum atomic E-state index is 13.0. The summed E-state index contributed by atoms with van der Waals surface area (Å²) in [5.74, 6) is -0.821. The van der Waals surface area contributed by atoms with Gasteiger partial charge in [-0.05, 0) is 61.7 Å². The summed E-state index contributed by atoms with van der Waals surface area (Å²) < 4.78 is 46.1. The van der Waals surface area contributed by atoms with Gasteiger partial charge in [0.05, 0.1) is 23.7 Å². The first-order chi connectivity index (χ1) is 13.3. The van der Waals surface area contributed by atoms with Gasteiger partial charge in [0, 0.05) is 11.7 Å². The van der Waals surface area contributed by atoms with Crippen LogP contribution >= 0.6 is 0 Å². The minimum Gasteiger partial charge on any atom is -0.496 e. The van der Waals surface area contributed by atoms with E-state index in [1.807, 2.05) is 0 Å². The molecule has 1 amide bonds. The average Bonchev–Trinajstić information content (AvgIpc) is 3.07. The number of aliphatic hydroxyl groups excluding tert-OH is 1. The third kappa shape index (κ3) is 4.67. The molecule has 2 aromatic rings. The number of sulfonamides is 1. The van der Waals surface area contributed by atoms with Crippen LogP contribution in [-0.2, 0) is 10.0 Å². The molecule has 3 N–H and O–H groups in total. The van der Waals surface area contributed by atoms with E-state index in [9.17, 15) is 22.7 Å². The molecule has 0 radical (unpaired) electrons. The molecule has 7 nitrogen and oxygen atoms in total. The van der Waals surface area contributed by atoms with E-state index in [0.717, 1.165) is 0 Å². The van der Waals surface area contributed by atoms with Gasteiger partial charge in [-0.1, -0.05) is 0 Å². The minimum atomic E-state index is -3.87. The molecule has 1 saturated carbocycles. The molecule has 3 rings (SSSR count). The van der Waals surface area contributed by atoms with Gasteiger partial charge in [-0.3, -0.25) is 4.79 Å². The van der Waals surface area contributed by atoms with Gasteiger partial charge >= 0.3 is 0 Å². The lowest BCUT2D eigenvalue weighted by molar-refractivity contribution is 0.102. The first kappa shape index (κ1) is 20.2. The highest BCUT2D eigenvalue weighted by Gasteiger charge is 2.28. The molecule has 0 aromatic heterocycles. The summed E-state index contributed by atoms with van der Waals surface area (Å²) in [6.07, 6.45) is 0.934. The molecule has 2 atom stereocenters. The normalized spacial score (nSPS) is 19.4. The Morgan fingerprint density at radius 3 is 2.50 bits per heavy atom. The number of rotatable bonds is 6. The molecular formula is C19H21FN2O5S. The SMILES string of the molecule is COc1ccc(S(=O)(=O)NC2CCC(O)C2)cc1C(=O)Nc1ccc(F)cc1. The Morgan fingerprint density at radius 2 is 1.89 bits per heavy atom. The third-order valence-corrected chi connectivity index (χ3v) is 6.07. The highest BCUT2D eigenvalue weighted by Crippen LogP contribution is 2.26. The van der Waals surface area contributed by atoms with E-state index < -0.39 is 27.9 Å². The van der Waals surface area contributed by atoms with E-state index in [1.165, 1.54) is 49.6 Å². The zero-order valence-electron chi connectivity index (χ0n) is 15.2. The second kappa shape index (κ2) is 8.26. The van der Waals surface area contributed by atoms with Crippen LogP contribution in [-0.4, -0.2) is 38.7 Å². The maximum Gasteiger partial charge on any atom is 0.259 e. The summed E-state index contributed by atoms with van der Waals surface area (Å²) in [5, 5.41) is 12.2. The molecule has 1 fully saturated rings. The Labute approximate surface area is 162 Å². The molecule has 0 aliphatic heterocycles. The Bertz CT molecular complexity index is 963. The molecule has 0 spiro atoms. The second-order valence-corrected chi connectivity index (χ2v) is 8.32. The molecule has 0 bridgehead atoms. The van der Waals surface area contributed by atoms with Crippen LogP contribution in [0.3, 0.4) is 0 Å². The van der Waals surface area contributed by atoms with Crippen LogP contribution in [0.5, 0.6) is 5.75 Å². The van der Waals surface area contributed by atoms with Crippen molar-refractivity contribution in [3.05, 3.63) is 53.8 Å². The summed E-state index contributed by atoms with van der Waals surface area (Å²) >= 11 is 0. The zero-order valence-corrected chi connectivity index (χ0v) is 16.0. The predicted molar refractivity (Wildman–Crippen MR) is 101 cm³/mol. The van der Waals surface area contributed by atoms with Crippen LogP contribution in [0.25, 0.3) is 0 Å². The van der Waals surface area contributed by atoms with Gasteiger partial charge in [-0.25, -0.2) is 17.5 Å². The molecule has 150 valence electrons. The van der Waals surface area contributed by atoms with Crippen LogP contribution in [0.15, 0.2) is 47.4 Å². The minimum absolute atomic E-state index is 0.0288. The zero-order chi connectivity index (χ0) is 20.3. The number of amides is 1. The van der Waals surface area contributed by atoms with Crippen molar-refractivity contribution in [1.29, 1.82) is 0 Å². The lowest BCUT2D eigenvalue weighted by atomic mass is 10.2. The molecule has 0 heterocycles. The number of anilines is 1. The fourth-order valence-corrected chi connectivity index (χ4v) is 4.42. The van der Waals surface area contributed by atoms with Crippen molar-refractivity contribution in [2.24, 2.45) is 0 Å². The molecule has 0 saturated heterocycles. The van der Waals surface area contributed by atoms with Crippen molar-refractivity contribution >= 4 is 21.6 Å². The monoisotopic (exact) mass is 408 g/mol. The predicted octanol–water partition coefficient (Wildman–Crippen LogP) is 2.28. The number of carbonyl (C=O) groups excluding carboxylic acids is 1. The van der Waals surface area contributed by atoms with Crippen LogP contribution in [0, 0.1) is 5.82 Å². The highest BCUT2D eigenvalue weighted by atomic mass is 32.2. The van der Waals surface area contributed by atoms with Crippen molar-refractivity contribution in [2.75, 3.05) is 12.4 Å². The number of hydrogen-bond donors (Lipinski definition) is 3. The van der Waals surface area contributed by atoms with Crippen LogP contribution in [0.4, 0.5) is 10.1 Å². The number of benzene rings is 2. The van der Waals surface area contributed by atoms with Crippen LogP contribution in [0.2, 0.25) is 0 Å². The number of carbonyl (C=O) groups is 1. The molecule has 1 aliphatic rings. The number of nitrogens with one attached hydrogen (secondary N) is 2. The van der Waals surface area contributed by atoms with E-state index in [0.29, 0.717) is 24.9 Å². The summed E-state index contributed by atoms with van der Waals surface area (Å²) in [5.41, 5.74) is 0.390. The first-order valence-electron chi connectivity index (χ1n) is 8.74. The Kier molecular flexibility index (Phi) is 5.97. The van der Waals surface area contributed by atoms with Gasteiger partial charge in [0.25, 0.3) is 5.91 Å².